The molecule has 0 saturated carbocycles. The monoisotopic (exact) mass is 475 g/mol. The largest absolute Gasteiger partial charge is 0.447 e. The van der Waals surface area contributed by atoms with Crippen molar-refractivity contribution < 1.29 is 19.4 Å². The Bertz CT molecular complexity index is 716. The minimum Gasteiger partial charge on any atom is -0.447 e. The van der Waals surface area contributed by atoms with Gasteiger partial charge >= 0.3 is 6.09 Å². The van der Waals surface area contributed by atoms with Crippen LogP contribution in [0.25, 0.3) is 0 Å². The molecule has 0 aliphatic rings. The fourth-order valence-corrected chi connectivity index (χ4v) is 3.27. The molecule has 0 unspecified atom stereocenters. The topological polar surface area (TPSA) is 101 Å². The summed E-state index contributed by atoms with van der Waals surface area (Å²) >= 11 is 0. The van der Waals surface area contributed by atoms with Crippen molar-refractivity contribution in [1.29, 1.82) is 0 Å². The number of aliphatic hydroxyl groups excluding tert-OH is 1. The van der Waals surface area contributed by atoms with E-state index in [1.807, 2.05) is 6.08 Å². The Balaban J connectivity index is 2.46. The Morgan fingerprint density at radius 2 is 1.68 bits per heavy atom. The lowest BCUT2D eigenvalue weighted by atomic mass is 9.95. The third-order valence-corrected chi connectivity index (χ3v) is 5.55. The molecule has 7 nitrogen and oxygen atoms in total. The molecule has 3 N–H and O–H groups in total. The van der Waals surface area contributed by atoms with E-state index < -0.39 is 23.7 Å². The smallest absolute Gasteiger partial charge is 0.407 e. The fourth-order valence-electron chi connectivity index (χ4n) is 3.27. The second-order valence-corrected chi connectivity index (χ2v) is 9.82. The van der Waals surface area contributed by atoms with Gasteiger partial charge in [-0.1, -0.05) is 84.8 Å². The quantitative estimate of drug-likeness (QED) is 0.223. The molecule has 192 valence electrons. The van der Waals surface area contributed by atoms with Crippen LogP contribution in [-0.2, 0) is 16.1 Å². The highest BCUT2D eigenvalue weighted by Gasteiger charge is 2.27. The van der Waals surface area contributed by atoms with Gasteiger partial charge in [0.2, 0.25) is 5.91 Å². The van der Waals surface area contributed by atoms with Gasteiger partial charge in [-0.05, 0) is 30.5 Å². The molecule has 0 fully saturated rings. The normalized spacial score (nSPS) is 13.4. The van der Waals surface area contributed by atoms with Gasteiger partial charge in [-0.2, -0.15) is 0 Å². The summed E-state index contributed by atoms with van der Waals surface area (Å²) < 4.78 is 5.29. The van der Waals surface area contributed by atoms with Crippen LogP contribution in [0.1, 0.15) is 91.0 Å². The third kappa shape index (κ3) is 14.0. The van der Waals surface area contributed by atoms with Crippen molar-refractivity contribution >= 4 is 12.0 Å². The number of hydrogen-bond acceptors (Lipinski definition) is 5. The predicted octanol–water partition coefficient (Wildman–Crippen LogP) is 5.29. The van der Waals surface area contributed by atoms with E-state index in [1.165, 1.54) is 44.9 Å². The summed E-state index contributed by atoms with van der Waals surface area (Å²) in [6.07, 6.45) is 16.3. The average molecular weight is 476 g/mol. The lowest BCUT2D eigenvalue weighted by Gasteiger charge is -2.26. The first-order valence-corrected chi connectivity index (χ1v) is 12.7. The van der Waals surface area contributed by atoms with Gasteiger partial charge in [-0.3, -0.25) is 9.78 Å². The number of carbonyl (C=O) groups excluding carboxylic acids is 2. The zero-order valence-electron chi connectivity index (χ0n) is 21.5. The van der Waals surface area contributed by atoms with Gasteiger partial charge < -0.3 is 20.5 Å². The predicted molar refractivity (Wildman–Crippen MR) is 136 cm³/mol. The van der Waals surface area contributed by atoms with Crippen LogP contribution >= 0.6 is 0 Å². The first-order valence-electron chi connectivity index (χ1n) is 12.7. The lowest BCUT2D eigenvalue weighted by molar-refractivity contribution is -0.130. The molecule has 2 amide bonds. The lowest BCUT2D eigenvalue weighted by Crippen LogP contribution is -2.50. The molecule has 1 heterocycles. The van der Waals surface area contributed by atoms with E-state index in [9.17, 15) is 14.7 Å². The number of allylic oxidation sites excluding steroid dienone is 1. The van der Waals surface area contributed by atoms with Crippen LogP contribution in [-0.4, -0.2) is 40.8 Å². The van der Waals surface area contributed by atoms with Crippen LogP contribution in [0.15, 0.2) is 36.7 Å². The van der Waals surface area contributed by atoms with Crippen LogP contribution < -0.4 is 10.6 Å². The number of hydrogen-bond donors (Lipinski definition) is 3. The number of rotatable bonds is 16. The Morgan fingerprint density at radius 1 is 1.06 bits per heavy atom. The number of amides is 2. The minimum absolute atomic E-state index is 0.132. The number of aliphatic hydroxyl groups is 1. The molecule has 1 rings (SSSR count). The Labute approximate surface area is 205 Å². The third-order valence-electron chi connectivity index (χ3n) is 5.55. The number of nitrogens with one attached hydrogen (secondary N) is 2. The molecule has 1 aromatic heterocycles. The first kappa shape index (κ1) is 29.6. The summed E-state index contributed by atoms with van der Waals surface area (Å²) in [7, 11) is 0. The van der Waals surface area contributed by atoms with Gasteiger partial charge in [-0.25, -0.2) is 4.79 Å². The molecule has 0 saturated heterocycles. The maximum Gasteiger partial charge on any atom is 0.407 e. The summed E-state index contributed by atoms with van der Waals surface area (Å²) in [5.41, 5.74) is 0.274. The van der Waals surface area contributed by atoms with Crippen LogP contribution in [0.4, 0.5) is 4.79 Å². The van der Waals surface area contributed by atoms with Gasteiger partial charge in [0.05, 0.1) is 12.1 Å². The second kappa shape index (κ2) is 17.1. The highest BCUT2D eigenvalue weighted by atomic mass is 16.5. The van der Waals surface area contributed by atoms with E-state index >= 15 is 0 Å². The highest BCUT2D eigenvalue weighted by Crippen LogP contribution is 2.14. The SMILES string of the molecule is CCCCCCCCCC/C=C/[C@H](O)[C@H](COC(=O)NCc1ccncc1)NC(=O)C(C)(C)C. The Kier molecular flexibility index (Phi) is 14.9. The average Bonchev–Trinajstić information content (AvgIpc) is 2.81. The second-order valence-electron chi connectivity index (χ2n) is 9.82. The van der Waals surface area contributed by atoms with Crippen molar-refractivity contribution in [2.75, 3.05) is 6.61 Å². The zero-order chi connectivity index (χ0) is 25.2. The van der Waals surface area contributed by atoms with Crippen molar-refractivity contribution in [2.45, 2.75) is 104 Å². The Hall–Kier alpha value is -2.41. The van der Waals surface area contributed by atoms with Crippen molar-refractivity contribution in [3.8, 4) is 0 Å². The molecule has 34 heavy (non-hydrogen) atoms. The molecule has 0 bridgehead atoms. The van der Waals surface area contributed by atoms with Crippen molar-refractivity contribution in [2.24, 2.45) is 5.41 Å². The number of alkyl carbamates (subject to hydrolysis) is 1. The van der Waals surface area contributed by atoms with E-state index in [1.54, 1.807) is 51.4 Å². The summed E-state index contributed by atoms with van der Waals surface area (Å²) in [4.78, 5) is 28.5. The van der Waals surface area contributed by atoms with E-state index in [4.69, 9.17) is 4.74 Å². The van der Waals surface area contributed by atoms with E-state index in [-0.39, 0.29) is 12.5 Å². The molecule has 0 aliphatic heterocycles. The van der Waals surface area contributed by atoms with Gasteiger partial charge in [0.1, 0.15) is 6.61 Å². The number of pyridine rings is 1. The van der Waals surface area contributed by atoms with Crippen LogP contribution in [0.5, 0.6) is 0 Å². The molecule has 0 aromatic carbocycles. The molecule has 0 spiro atoms. The van der Waals surface area contributed by atoms with Crippen LogP contribution in [0, 0.1) is 5.41 Å². The van der Waals surface area contributed by atoms with Crippen LogP contribution in [0.2, 0.25) is 0 Å². The first-order chi connectivity index (χ1) is 16.2. The van der Waals surface area contributed by atoms with Gasteiger partial charge in [0.25, 0.3) is 0 Å². The molecular weight excluding hydrogens is 430 g/mol. The van der Waals surface area contributed by atoms with Gasteiger partial charge in [0, 0.05) is 24.4 Å². The molecule has 0 radical (unpaired) electrons. The van der Waals surface area contributed by atoms with Gasteiger partial charge in [-0.15, -0.1) is 0 Å². The summed E-state index contributed by atoms with van der Waals surface area (Å²) in [6, 6.07) is 2.87. The maximum absolute atomic E-state index is 12.5. The van der Waals surface area contributed by atoms with Crippen molar-refractivity contribution in [3.63, 3.8) is 0 Å². The number of aromatic nitrogens is 1. The molecule has 0 aliphatic carbocycles. The number of unbranched alkanes of at least 4 members (excludes halogenated alkanes) is 8. The summed E-state index contributed by atoms with van der Waals surface area (Å²) in [5, 5.41) is 16.1. The standard InChI is InChI=1S/C27H45N3O4/c1-5-6-7-8-9-10-11-12-13-14-15-24(31)23(30-25(32)27(2,3)4)21-34-26(33)29-20-22-16-18-28-19-17-22/h14-19,23-24,31H,5-13,20-21H2,1-4H3,(H,29,33)(H,30,32)/b15-14+/t23-,24-/m0/s1. The highest BCUT2D eigenvalue weighted by molar-refractivity contribution is 5.81. The molecule has 2 atom stereocenters. The van der Waals surface area contributed by atoms with E-state index in [0.717, 1.165) is 18.4 Å². The molecule has 1 aromatic rings. The minimum atomic E-state index is -0.951. The van der Waals surface area contributed by atoms with Crippen molar-refractivity contribution in [3.05, 3.63) is 42.2 Å². The van der Waals surface area contributed by atoms with E-state index in [0.29, 0.717) is 6.54 Å². The zero-order valence-corrected chi connectivity index (χ0v) is 21.5. The van der Waals surface area contributed by atoms with Crippen LogP contribution in [0.3, 0.4) is 0 Å². The van der Waals surface area contributed by atoms with E-state index in [2.05, 4.69) is 22.5 Å². The van der Waals surface area contributed by atoms with Crippen molar-refractivity contribution in [1.82, 2.24) is 15.6 Å². The number of carbonyl (C=O) groups is 2. The maximum atomic E-state index is 12.5. The molecule has 7 heteroatoms. The molecular formula is C27H45N3O4. The summed E-state index contributed by atoms with van der Waals surface area (Å²) in [5.74, 6) is -0.214. The summed E-state index contributed by atoms with van der Waals surface area (Å²) in [6.45, 7) is 7.80. The van der Waals surface area contributed by atoms with Gasteiger partial charge in [0.15, 0.2) is 0 Å². The number of ether oxygens (including phenoxy) is 1. The fraction of sp³-hybridized carbons (Fsp3) is 0.667. The Morgan fingerprint density at radius 3 is 2.29 bits per heavy atom. The number of nitrogens with zero attached hydrogens (tertiary/aromatic N) is 1.